The van der Waals surface area contributed by atoms with E-state index in [1.165, 1.54) is 18.1 Å². The summed E-state index contributed by atoms with van der Waals surface area (Å²) in [6.07, 6.45) is -0.528. The first kappa shape index (κ1) is 19.7. The molecule has 28 heavy (non-hydrogen) atoms. The van der Waals surface area contributed by atoms with Crippen LogP contribution in [0.3, 0.4) is 0 Å². The molecule has 2 aromatic carbocycles. The molecule has 3 aromatic rings. The highest BCUT2D eigenvalue weighted by molar-refractivity contribution is 7.18. The van der Waals surface area contributed by atoms with E-state index in [1.54, 1.807) is 24.3 Å². The smallest absolute Gasteiger partial charge is 0.303 e. The minimum Gasteiger partial charge on any atom is -0.497 e. The van der Waals surface area contributed by atoms with Crippen molar-refractivity contribution in [1.82, 2.24) is 4.98 Å². The molecule has 0 unspecified atom stereocenters. The fourth-order valence-corrected chi connectivity index (χ4v) is 3.59. The zero-order chi connectivity index (χ0) is 20.3. The number of thiazole rings is 1. The Labute approximate surface area is 163 Å². The molecule has 1 N–H and O–H groups in total. The third kappa shape index (κ3) is 4.25. The summed E-state index contributed by atoms with van der Waals surface area (Å²) < 4.78 is 33.0. The molecule has 6 nitrogen and oxygen atoms in total. The van der Waals surface area contributed by atoms with Gasteiger partial charge in [-0.2, -0.15) is 0 Å². The van der Waals surface area contributed by atoms with E-state index >= 15 is 0 Å². The number of carboxylic acid groups (broad SMARTS) is 1. The molecule has 0 bridgehead atoms. The Balaban J connectivity index is 1.95. The number of carbonyl (C=O) groups is 2. The van der Waals surface area contributed by atoms with E-state index in [4.69, 9.17) is 9.84 Å². The first-order valence-electron chi connectivity index (χ1n) is 8.28. The summed E-state index contributed by atoms with van der Waals surface area (Å²) in [4.78, 5) is 29.0. The van der Waals surface area contributed by atoms with E-state index in [0.29, 0.717) is 21.1 Å². The highest BCUT2D eigenvalue weighted by Gasteiger charge is 2.21. The molecule has 0 radical (unpaired) electrons. The number of methoxy groups -OCH3 is 1. The maximum atomic E-state index is 13.9. The number of benzene rings is 2. The van der Waals surface area contributed by atoms with E-state index < -0.39 is 23.5 Å². The second-order valence-electron chi connectivity index (χ2n) is 5.89. The van der Waals surface area contributed by atoms with Gasteiger partial charge in [-0.3, -0.25) is 9.59 Å². The van der Waals surface area contributed by atoms with Gasteiger partial charge in [0.05, 0.1) is 24.8 Å². The predicted octanol–water partition coefficient (Wildman–Crippen LogP) is 3.98. The van der Waals surface area contributed by atoms with Crippen molar-refractivity contribution >= 4 is 39.1 Å². The fourth-order valence-electron chi connectivity index (χ4n) is 2.64. The zero-order valence-electron chi connectivity index (χ0n) is 14.8. The van der Waals surface area contributed by atoms with Crippen LogP contribution in [0.15, 0.2) is 36.4 Å². The van der Waals surface area contributed by atoms with E-state index in [2.05, 4.69) is 4.98 Å². The number of hydrogen-bond donors (Lipinski definition) is 1. The van der Waals surface area contributed by atoms with Crippen LogP contribution in [-0.2, 0) is 16.1 Å². The lowest BCUT2D eigenvalue weighted by Crippen LogP contribution is -2.30. The number of aromatic nitrogens is 1. The van der Waals surface area contributed by atoms with Crippen LogP contribution in [0.2, 0.25) is 0 Å². The maximum Gasteiger partial charge on any atom is 0.303 e. The van der Waals surface area contributed by atoms with Crippen molar-refractivity contribution in [3.63, 3.8) is 0 Å². The average molecular weight is 406 g/mol. The number of carbonyl (C=O) groups excluding carboxylic acids is 1. The van der Waals surface area contributed by atoms with Crippen LogP contribution >= 0.6 is 11.3 Å². The second kappa shape index (κ2) is 8.30. The first-order valence-corrected chi connectivity index (χ1v) is 9.10. The van der Waals surface area contributed by atoms with Crippen LogP contribution in [0.4, 0.5) is 14.5 Å². The largest absolute Gasteiger partial charge is 0.497 e. The molecule has 0 saturated heterocycles. The summed E-state index contributed by atoms with van der Waals surface area (Å²) in [6, 6.07) is 9.16. The number of carboxylic acids is 1. The van der Waals surface area contributed by atoms with Crippen molar-refractivity contribution in [3.8, 4) is 5.75 Å². The van der Waals surface area contributed by atoms with Gasteiger partial charge >= 0.3 is 5.97 Å². The molecule has 0 spiro atoms. The Morgan fingerprint density at radius 1 is 1.21 bits per heavy atom. The van der Waals surface area contributed by atoms with E-state index in [0.717, 1.165) is 17.4 Å². The summed E-state index contributed by atoms with van der Waals surface area (Å²) >= 11 is 1.14. The third-order valence-corrected chi connectivity index (χ3v) is 5.01. The minimum absolute atomic E-state index is 0.00791. The van der Waals surface area contributed by atoms with Crippen LogP contribution in [0, 0.1) is 11.6 Å². The number of anilines is 1. The summed E-state index contributed by atoms with van der Waals surface area (Å²) in [5, 5.41) is 9.25. The van der Waals surface area contributed by atoms with Gasteiger partial charge in [0, 0.05) is 18.2 Å². The van der Waals surface area contributed by atoms with E-state index in [1.807, 2.05) is 0 Å². The van der Waals surface area contributed by atoms with Gasteiger partial charge in [0.25, 0.3) is 0 Å². The summed E-state index contributed by atoms with van der Waals surface area (Å²) in [7, 11) is 1.49. The highest BCUT2D eigenvalue weighted by Crippen LogP contribution is 2.29. The van der Waals surface area contributed by atoms with Gasteiger partial charge in [-0.1, -0.05) is 6.07 Å². The summed E-state index contributed by atoms with van der Waals surface area (Å²) in [6.45, 7) is -0.00791. The molecule has 0 aliphatic carbocycles. The number of hydrogen-bond acceptors (Lipinski definition) is 5. The molecular formula is C19H16F2N2O4S. The Kier molecular flexibility index (Phi) is 5.84. The van der Waals surface area contributed by atoms with Gasteiger partial charge in [-0.25, -0.2) is 13.8 Å². The number of halogens is 2. The molecule has 1 heterocycles. The van der Waals surface area contributed by atoms with Gasteiger partial charge < -0.3 is 14.7 Å². The molecule has 3 rings (SSSR count). The summed E-state index contributed by atoms with van der Waals surface area (Å²) in [5.74, 6) is -3.03. The lowest BCUT2D eigenvalue weighted by atomic mass is 10.2. The molecule has 0 aliphatic heterocycles. The lowest BCUT2D eigenvalue weighted by Gasteiger charge is -2.22. The SMILES string of the molecule is COc1cccc(N(Cc2nc3c(F)c(F)ccc3s2)C(=O)CCC(=O)O)c1. The van der Waals surface area contributed by atoms with Gasteiger partial charge in [0.1, 0.15) is 16.3 Å². The van der Waals surface area contributed by atoms with Crippen molar-refractivity contribution in [2.24, 2.45) is 0 Å². The molecule has 9 heteroatoms. The van der Waals surface area contributed by atoms with E-state index in [9.17, 15) is 18.4 Å². The number of ether oxygens (including phenoxy) is 1. The summed E-state index contributed by atoms with van der Waals surface area (Å²) in [5.41, 5.74) is 0.393. The van der Waals surface area contributed by atoms with Crippen molar-refractivity contribution < 1.29 is 28.2 Å². The molecule has 1 amide bonds. The van der Waals surface area contributed by atoms with Crippen molar-refractivity contribution in [2.75, 3.05) is 12.0 Å². The molecule has 0 fully saturated rings. The van der Waals surface area contributed by atoms with Crippen LogP contribution in [-0.4, -0.2) is 29.1 Å². The second-order valence-corrected chi connectivity index (χ2v) is 7.01. The molecule has 0 atom stereocenters. The predicted molar refractivity (Wildman–Crippen MR) is 101 cm³/mol. The van der Waals surface area contributed by atoms with Gasteiger partial charge in [0.2, 0.25) is 5.91 Å². The zero-order valence-corrected chi connectivity index (χ0v) is 15.6. The first-order chi connectivity index (χ1) is 13.4. The van der Waals surface area contributed by atoms with E-state index in [-0.39, 0.29) is 24.9 Å². The van der Waals surface area contributed by atoms with Crippen LogP contribution in [0.25, 0.3) is 10.2 Å². The van der Waals surface area contributed by atoms with Gasteiger partial charge in [0.15, 0.2) is 11.6 Å². The molecule has 0 saturated carbocycles. The quantitative estimate of drug-likeness (QED) is 0.642. The standard InChI is InChI=1S/C19H16F2N2O4S/c1-27-12-4-2-3-11(9-12)23(16(24)7-8-17(25)26)10-15-22-19-14(28-15)6-5-13(20)18(19)21/h2-6,9H,7-8,10H2,1H3,(H,25,26). The van der Waals surface area contributed by atoms with Crippen LogP contribution < -0.4 is 9.64 Å². The van der Waals surface area contributed by atoms with Gasteiger partial charge in [-0.15, -0.1) is 11.3 Å². The van der Waals surface area contributed by atoms with Crippen molar-refractivity contribution in [1.29, 1.82) is 0 Å². The molecular weight excluding hydrogens is 390 g/mol. The topological polar surface area (TPSA) is 79.7 Å². The number of fused-ring (bicyclic) bond motifs is 1. The number of amides is 1. The molecule has 0 aliphatic rings. The number of rotatable bonds is 7. The number of aliphatic carboxylic acids is 1. The monoisotopic (exact) mass is 406 g/mol. The molecule has 146 valence electrons. The Morgan fingerprint density at radius 3 is 2.71 bits per heavy atom. The fraction of sp³-hybridized carbons (Fsp3) is 0.211. The number of nitrogens with zero attached hydrogens (tertiary/aromatic N) is 2. The van der Waals surface area contributed by atoms with Crippen LogP contribution in [0.5, 0.6) is 5.75 Å². The van der Waals surface area contributed by atoms with Crippen LogP contribution in [0.1, 0.15) is 17.8 Å². The third-order valence-electron chi connectivity index (χ3n) is 4.01. The maximum absolute atomic E-state index is 13.9. The lowest BCUT2D eigenvalue weighted by molar-refractivity contribution is -0.138. The highest BCUT2D eigenvalue weighted by atomic mass is 32.1. The molecule has 1 aromatic heterocycles. The average Bonchev–Trinajstić information content (AvgIpc) is 3.10. The minimum atomic E-state index is -1.09. The van der Waals surface area contributed by atoms with Gasteiger partial charge in [-0.05, 0) is 24.3 Å². The van der Waals surface area contributed by atoms with Crippen molar-refractivity contribution in [2.45, 2.75) is 19.4 Å². The normalized spacial score (nSPS) is 10.8. The Bertz CT molecular complexity index is 1040. The Hall–Kier alpha value is -3.07. The van der Waals surface area contributed by atoms with Crippen molar-refractivity contribution in [3.05, 3.63) is 53.0 Å². The Morgan fingerprint density at radius 2 is 2.00 bits per heavy atom.